The number of ether oxygens (including phenoxy) is 1. The molecular formula is C17H11F3N6O2. The van der Waals surface area contributed by atoms with Gasteiger partial charge in [0.05, 0.1) is 17.2 Å². The summed E-state index contributed by atoms with van der Waals surface area (Å²) in [5.74, 6) is -0.786. The Morgan fingerprint density at radius 1 is 1.14 bits per heavy atom. The Kier molecular flexibility index (Phi) is 4.18. The van der Waals surface area contributed by atoms with E-state index in [2.05, 4.69) is 25.4 Å². The molecule has 0 spiro atoms. The molecule has 0 atom stereocenters. The number of hydrogen-bond donors (Lipinski definition) is 2. The zero-order valence-electron chi connectivity index (χ0n) is 13.9. The van der Waals surface area contributed by atoms with Crippen molar-refractivity contribution in [2.45, 2.75) is 6.18 Å². The van der Waals surface area contributed by atoms with Gasteiger partial charge < -0.3 is 9.72 Å². The summed E-state index contributed by atoms with van der Waals surface area (Å²) in [5.41, 5.74) is -0.0283. The van der Waals surface area contributed by atoms with Crippen LogP contribution in [0, 0.1) is 0 Å². The molecule has 8 nitrogen and oxygen atoms in total. The minimum atomic E-state index is -4.83. The molecule has 3 aromatic heterocycles. The van der Waals surface area contributed by atoms with Crippen molar-refractivity contribution < 1.29 is 22.7 Å². The van der Waals surface area contributed by atoms with Crippen molar-refractivity contribution in [2.24, 2.45) is 0 Å². The average molecular weight is 388 g/mol. The summed E-state index contributed by atoms with van der Waals surface area (Å²) in [6.07, 6.45) is -3.85. The van der Waals surface area contributed by atoms with E-state index in [-0.39, 0.29) is 11.8 Å². The Balaban J connectivity index is 1.60. The number of nitrogens with zero attached hydrogens (tertiary/aromatic N) is 4. The molecule has 4 aromatic rings. The van der Waals surface area contributed by atoms with E-state index in [9.17, 15) is 18.0 Å². The first-order valence-corrected chi connectivity index (χ1v) is 7.92. The van der Waals surface area contributed by atoms with Crippen molar-refractivity contribution in [2.75, 3.05) is 5.32 Å². The molecule has 0 fully saturated rings. The minimum absolute atomic E-state index is 0.0388. The lowest BCUT2D eigenvalue weighted by molar-refractivity contribution is -0.143. The van der Waals surface area contributed by atoms with Gasteiger partial charge in [0.25, 0.3) is 0 Å². The van der Waals surface area contributed by atoms with Crippen LogP contribution in [0.25, 0.3) is 16.9 Å². The number of carbonyl (C=O) groups is 1. The number of para-hydroxylation sites is 2. The number of carbonyl (C=O) groups excluding carboxylic acids is 1. The second-order valence-corrected chi connectivity index (χ2v) is 5.57. The second kappa shape index (κ2) is 6.68. The summed E-state index contributed by atoms with van der Waals surface area (Å²) in [4.78, 5) is 22.8. The SMILES string of the molecule is O=C(Nc1nc2ccccc2[nH]1)Oc1cnn(-c2ccccn2)c1C(F)(F)F. The van der Waals surface area contributed by atoms with Gasteiger partial charge in [-0.3, -0.25) is 5.32 Å². The monoisotopic (exact) mass is 388 g/mol. The van der Waals surface area contributed by atoms with Gasteiger partial charge in [-0.1, -0.05) is 18.2 Å². The molecule has 1 amide bonds. The van der Waals surface area contributed by atoms with E-state index in [0.717, 1.165) is 6.20 Å². The molecule has 0 saturated heterocycles. The first-order valence-electron chi connectivity index (χ1n) is 7.92. The fraction of sp³-hybridized carbons (Fsp3) is 0.0588. The fourth-order valence-corrected chi connectivity index (χ4v) is 2.55. The van der Waals surface area contributed by atoms with Crippen molar-refractivity contribution in [3.05, 3.63) is 60.6 Å². The van der Waals surface area contributed by atoms with Gasteiger partial charge in [-0.25, -0.2) is 19.4 Å². The van der Waals surface area contributed by atoms with Crippen molar-refractivity contribution in [3.63, 3.8) is 0 Å². The van der Waals surface area contributed by atoms with E-state index < -0.39 is 23.7 Å². The van der Waals surface area contributed by atoms with Crippen molar-refractivity contribution in [3.8, 4) is 11.6 Å². The van der Waals surface area contributed by atoms with Crippen LogP contribution in [0.3, 0.4) is 0 Å². The van der Waals surface area contributed by atoms with Crippen LogP contribution in [-0.4, -0.2) is 30.8 Å². The number of benzene rings is 1. The van der Waals surface area contributed by atoms with Gasteiger partial charge in [0, 0.05) is 6.20 Å². The lowest BCUT2D eigenvalue weighted by Gasteiger charge is -2.11. The molecule has 2 N–H and O–H groups in total. The molecule has 28 heavy (non-hydrogen) atoms. The number of halogens is 3. The van der Waals surface area contributed by atoms with E-state index in [4.69, 9.17) is 4.74 Å². The molecule has 11 heteroatoms. The highest BCUT2D eigenvalue weighted by Gasteiger charge is 2.40. The molecule has 0 bridgehead atoms. The zero-order valence-corrected chi connectivity index (χ0v) is 13.9. The molecule has 142 valence electrons. The standard InChI is InChI=1S/C17H11F3N6O2/c18-17(19,20)14-12(9-22-26(14)13-7-3-4-8-21-13)28-16(27)25-15-23-10-5-1-2-6-11(10)24-15/h1-9H,(H2,23,24,25,27). The van der Waals surface area contributed by atoms with E-state index in [0.29, 0.717) is 15.7 Å². The molecule has 0 unspecified atom stereocenters. The van der Waals surface area contributed by atoms with Crippen LogP contribution in [0.2, 0.25) is 0 Å². The predicted octanol–water partition coefficient (Wildman–Crippen LogP) is 3.77. The Labute approximate surface area is 155 Å². The van der Waals surface area contributed by atoms with E-state index in [1.54, 1.807) is 30.3 Å². The highest BCUT2D eigenvalue weighted by atomic mass is 19.4. The lowest BCUT2D eigenvalue weighted by Crippen LogP contribution is -2.21. The highest BCUT2D eigenvalue weighted by Crippen LogP contribution is 2.37. The highest BCUT2D eigenvalue weighted by molar-refractivity contribution is 5.87. The lowest BCUT2D eigenvalue weighted by atomic mass is 10.3. The molecule has 0 aliphatic heterocycles. The van der Waals surface area contributed by atoms with Crippen LogP contribution in [0.1, 0.15) is 5.69 Å². The van der Waals surface area contributed by atoms with E-state index >= 15 is 0 Å². The maximum absolute atomic E-state index is 13.5. The molecule has 0 radical (unpaired) electrons. The molecule has 0 aliphatic rings. The maximum atomic E-state index is 13.5. The number of H-pyrrole nitrogens is 1. The van der Waals surface area contributed by atoms with E-state index in [1.165, 1.54) is 18.3 Å². The maximum Gasteiger partial charge on any atom is 0.437 e. The molecular weight excluding hydrogens is 377 g/mol. The van der Waals surface area contributed by atoms with Gasteiger partial charge in [0.15, 0.2) is 17.3 Å². The Bertz CT molecular complexity index is 1100. The molecule has 1 aromatic carbocycles. The number of nitrogens with one attached hydrogen (secondary N) is 2. The van der Waals surface area contributed by atoms with Crippen molar-refractivity contribution in [1.82, 2.24) is 24.7 Å². The summed E-state index contributed by atoms with van der Waals surface area (Å²) in [5, 5.41) is 5.91. The number of pyridine rings is 1. The Morgan fingerprint density at radius 3 is 2.64 bits per heavy atom. The summed E-state index contributed by atoms with van der Waals surface area (Å²) >= 11 is 0. The largest absolute Gasteiger partial charge is 0.437 e. The minimum Gasteiger partial charge on any atom is -0.406 e. The van der Waals surface area contributed by atoms with Crippen LogP contribution in [0.4, 0.5) is 23.9 Å². The first kappa shape index (κ1) is 17.5. The number of hydrogen-bond acceptors (Lipinski definition) is 5. The number of anilines is 1. The van der Waals surface area contributed by atoms with Gasteiger partial charge in [-0.15, -0.1) is 0 Å². The molecule has 3 heterocycles. The number of aromatic nitrogens is 5. The van der Waals surface area contributed by atoms with Crippen LogP contribution in [0.15, 0.2) is 54.9 Å². The number of imidazole rings is 1. The normalized spacial score (nSPS) is 11.5. The predicted molar refractivity (Wildman–Crippen MR) is 92.1 cm³/mol. The average Bonchev–Trinajstić information content (AvgIpc) is 3.25. The quantitative estimate of drug-likeness (QED) is 0.557. The summed E-state index contributed by atoms with van der Waals surface area (Å²) in [7, 11) is 0. The van der Waals surface area contributed by atoms with Gasteiger partial charge in [0.1, 0.15) is 0 Å². The van der Waals surface area contributed by atoms with Crippen LogP contribution < -0.4 is 10.1 Å². The number of aromatic amines is 1. The summed E-state index contributed by atoms with van der Waals surface area (Å²) in [6, 6.07) is 11.4. The Morgan fingerprint density at radius 2 is 1.93 bits per heavy atom. The summed E-state index contributed by atoms with van der Waals surface area (Å²) in [6.45, 7) is 0. The third-order valence-corrected chi connectivity index (χ3v) is 3.68. The Hall–Kier alpha value is -3.89. The topological polar surface area (TPSA) is 97.7 Å². The van der Waals surface area contributed by atoms with Gasteiger partial charge in [-0.2, -0.15) is 18.3 Å². The molecule has 0 saturated carbocycles. The van der Waals surface area contributed by atoms with Crippen molar-refractivity contribution in [1.29, 1.82) is 0 Å². The van der Waals surface area contributed by atoms with E-state index in [1.807, 2.05) is 0 Å². The molecule has 0 aliphatic carbocycles. The van der Waals surface area contributed by atoms with Crippen LogP contribution in [0.5, 0.6) is 5.75 Å². The fourth-order valence-electron chi connectivity index (χ4n) is 2.55. The third kappa shape index (κ3) is 3.37. The van der Waals surface area contributed by atoms with Crippen LogP contribution in [-0.2, 0) is 6.18 Å². The second-order valence-electron chi connectivity index (χ2n) is 5.57. The third-order valence-electron chi connectivity index (χ3n) is 3.68. The number of amides is 1. The summed E-state index contributed by atoms with van der Waals surface area (Å²) < 4.78 is 46.0. The van der Waals surface area contributed by atoms with Gasteiger partial charge in [-0.05, 0) is 24.3 Å². The molecule has 4 rings (SSSR count). The van der Waals surface area contributed by atoms with Crippen LogP contribution >= 0.6 is 0 Å². The first-order chi connectivity index (χ1) is 13.4. The number of fused-ring (bicyclic) bond motifs is 1. The smallest absolute Gasteiger partial charge is 0.406 e. The number of rotatable bonds is 3. The number of alkyl halides is 3. The van der Waals surface area contributed by atoms with Gasteiger partial charge >= 0.3 is 12.3 Å². The zero-order chi connectivity index (χ0) is 19.7. The van der Waals surface area contributed by atoms with Crippen molar-refractivity contribution >= 4 is 23.1 Å². The van der Waals surface area contributed by atoms with Gasteiger partial charge in [0.2, 0.25) is 5.95 Å².